The van der Waals surface area contributed by atoms with Crippen molar-refractivity contribution in [2.75, 3.05) is 45.8 Å². The van der Waals surface area contributed by atoms with E-state index in [0.29, 0.717) is 35.9 Å². The summed E-state index contributed by atoms with van der Waals surface area (Å²) in [5.74, 6) is 1.55. The zero-order valence-electron chi connectivity index (χ0n) is 21.3. The largest absolute Gasteiger partial charge is 0.340 e. The molecule has 35 heavy (non-hydrogen) atoms. The van der Waals surface area contributed by atoms with Crippen molar-refractivity contribution in [3.63, 3.8) is 0 Å². The molecule has 1 saturated heterocycles. The number of piperazine rings is 1. The number of hydrogen-bond acceptors (Lipinski definition) is 3. The van der Waals surface area contributed by atoms with Gasteiger partial charge in [-0.1, -0.05) is 38.3 Å². The number of hydrogen-bond donors (Lipinski definition) is 0. The Balaban J connectivity index is 1.21. The lowest BCUT2D eigenvalue weighted by Gasteiger charge is -2.57. The van der Waals surface area contributed by atoms with Crippen molar-refractivity contribution >= 4 is 11.8 Å². The number of nitrogens with zero attached hydrogens (tertiary/aromatic N) is 3. The van der Waals surface area contributed by atoms with Gasteiger partial charge in [-0.05, 0) is 67.2 Å². The topological polar surface area (TPSA) is 43.9 Å². The number of carbonyl (C=O) groups is 2. The zero-order valence-corrected chi connectivity index (χ0v) is 21.3. The first-order valence-corrected chi connectivity index (χ1v) is 13.6. The molecule has 6 rings (SSSR count). The van der Waals surface area contributed by atoms with Gasteiger partial charge in [-0.2, -0.15) is 0 Å². The summed E-state index contributed by atoms with van der Waals surface area (Å²) >= 11 is 0. The van der Waals surface area contributed by atoms with E-state index < -0.39 is 0 Å². The van der Waals surface area contributed by atoms with Crippen LogP contribution in [-0.4, -0.2) is 72.3 Å². The Hall–Kier alpha value is -2.21. The maximum Gasteiger partial charge on any atom is 0.254 e. The van der Waals surface area contributed by atoms with Crippen molar-refractivity contribution in [3.8, 4) is 0 Å². The number of fused-ring (bicyclic) bond motifs is 1. The Morgan fingerprint density at radius 3 is 2.37 bits per heavy atom. The molecule has 1 heterocycles. The smallest absolute Gasteiger partial charge is 0.254 e. The van der Waals surface area contributed by atoms with Gasteiger partial charge in [0, 0.05) is 57.3 Å². The van der Waals surface area contributed by atoms with E-state index in [1.807, 2.05) is 4.90 Å². The Kier molecular flexibility index (Phi) is 7.02. The number of rotatable bonds is 7. The lowest BCUT2D eigenvalue weighted by molar-refractivity contribution is -0.137. The summed E-state index contributed by atoms with van der Waals surface area (Å²) in [6.45, 7) is 10.1. The minimum absolute atomic E-state index is 0.0276. The number of halogens is 1. The molecule has 0 spiro atoms. The molecule has 6 heteroatoms. The highest BCUT2D eigenvalue weighted by Gasteiger charge is 2.51. The highest BCUT2D eigenvalue weighted by molar-refractivity contribution is 5.94. The summed E-state index contributed by atoms with van der Waals surface area (Å²) in [5, 5.41) is 0. The highest BCUT2D eigenvalue weighted by Crippen LogP contribution is 2.59. The molecule has 0 aromatic heterocycles. The maximum atomic E-state index is 13.5. The second-order valence-electron chi connectivity index (χ2n) is 11.7. The third-order valence-corrected chi connectivity index (χ3v) is 9.41. The monoisotopic (exact) mass is 481 g/mol. The van der Waals surface area contributed by atoms with Crippen LogP contribution in [0.1, 0.15) is 62.7 Å². The predicted octanol–water partition coefficient (Wildman–Crippen LogP) is 4.59. The summed E-state index contributed by atoms with van der Waals surface area (Å²) in [4.78, 5) is 32.6. The first kappa shape index (κ1) is 24.5. The fourth-order valence-corrected chi connectivity index (χ4v) is 6.79. The van der Waals surface area contributed by atoms with E-state index in [0.717, 1.165) is 57.9 Å². The standard InChI is InChI=1S/C29H40FN3O2/c1-29(2)24-10-7-23(26(29)19-24)20-33(28(35)22-8-11-25(30)12-9-22)18-15-31-13-16-32(17-14-31)27(34)21-5-3-4-6-21/h7-9,11-12,21,24,26H,3-6,10,13-20H2,1-2H3. The molecule has 190 valence electrons. The fourth-order valence-electron chi connectivity index (χ4n) is 6.79. The Labute approximate surface area is 209 Å². The van der Waals surface area contributed by atoms with Gasteiger partial charge in [-0.25, -0.2) is 4.39 Å². The predicted molar refractivity (Wildman–Crippen MR) is 135 cm³/mol. The molecule has 0 N–H and O–H groups in total. The van der Waals surface area contributed by atoms with Crippen LogP contribution in [0, 0.1) is 29.0 Å². The van der Waals surface area contributed by atoms with Crippen LogP contribution in [0.25, 0.3) is 0 Å². The van der Waals surface area contributed by atoms with Gasteiger partial charge in [0.05, 0.1) is 0 Å². The third-order valence-electron chi connectivity index (χ3n) is 9.41. The first-order valence-electron chi connectivity index (χ1n) is 13.6. The molecule has 2 amide bonds. The SMILES string of the molecule is CC1(C)C2CC=C(CN(CCN3CCN(C(=O)C4CCCC4)CC3)C(=O)c3ccc(F)cc3)C1C2. The van der Waals surface area contributed by atoms with E-state index >= 15 is 0 Å². The van der Waals surface area contributed by atoms with Crippen molar-refractivity contribution in [3.05, 3.63) is 47.3 Å². The number of carbonyl (C=O) groups excluding carboxylic acids is 2. The number of benzene rings is 1. The van der Waals surface area contributed by atoms with Crippen LogP contribution in [0.4, 0.5) is 4.39 Å². The fraction of sp³-hybridized carbons (Fsp3) is 0.655. The van der Waals surface area contributed by atoms with Crippen LogP contribution in [0.15, 0.2) is 35.9 Å². The van der Waals surface area contributed by atoms with Crippen LogP contribution in [-0.2, 0) is 4.79 Å². The Morgan fingerprint density at radius 2 is 1.74 bits per heavy atom. The van der Waals surface area contributed by atoms with E-state index in [-0.39, 0.29) is 17.6 Å². The van der Waals surface area contributed by atoms with Gasteiger partial charge in [0.1, 0.15) is 5.82 Å². The van der Waals surface area contributed by atoms with E-state index in [1.54, 1.807) is 12.1 Å². The van der Waals surface area contributed by atoms with Crippen molar-refractivity contribution in [1.29, 1.82) is 0 Å². The van der Waals surface area contributed by atoms with Gasteiger partial charge in [-0.3, -0.25) is 14.5 Å². The van der Waals surface area contributed by atoms with Crippen molar-refractivity contribution < 1.29 is 14.0 Å². The van der Waals surface area contributed by atoms with Gasteiger partial charge in [0.2, 0.25) is 5.91 Å². The average Bonchev–Trinajstić information content (AvgIpc) is 3.41. The minimum atomic E-state index is -0.324. The van der Waals surface area contributed by atoms with Gasteiger partial charge in [0.25, 0.3) is 5.91 Å². The van der Waals surface area contributed by atoms with Crippen molar-refractivity contribution in [2.45, 2.75) is 52.4 Å². The summed E-state index contributed by atoms with van der Waals surface area (Å²) in [6.07, 6.45) is 9.17. The van der Waals surface area contributed by atoms with Gasteiger partial charge in [0.15, 0.2) is 0 Å². The Bertz CT molecular complexity index is 959. The number of amides is 2. The third kappa shape index (κ3) is 5.04. The highest BCUT2D eigenvalue weighted by atomic mass is 19.1. The molecule has 3 fully saturated rings. The lowest BCUT2D eigenvalue weighted by Crippen LogP contribution is -2.53. The van der Waals surface area contributed by atoms with E-state index in [2.05, 4.69) is 29.7 Å². The second-order valence-corrected chi connectivity index (χ2v) is 11.7. The molecule has 1 aromatic carbocycles. The molecule has 1 aliphatic heterocycles. The van der Waals surface area contributed by atoms with Crippen LogP contribution < -0.4 is 0 Å². The molecular formula is C29H40FN3O2. The molecular weight excluding hydrogens is 441 g/mol. The molecule has 2 atom stereocenters. The van der Waals surface area contributed by atoms with E-state index in [1.165, 1.54) is 37.0 Å². The zero-order chi connectivity index (χ0) is 24.6. The quantitative estimate of drug-likeness (QED) is 0.535. The van der Waals surface area contributed by atoms with Gasteiger partial charge >= 0.3 is 0 Å². The minimum Gasteiger partial charge on any atom is -0.340 e. The van der Waals surface area contributed by atoms with Crippen LogP contribution in [0.3, 0.4) is 0 Å². The summed E-state index contributed by atoms with van der Waals surface area (Å²) in [5.41, 5.74) is 2.25. The van der Waals surface area contributed by atoms with Crippen LogP contribution in [0.5, 0.6) is 0 Å². The summed E-state index contributed by atoms with van der Waals surface area (Å²) in [6, 6.07) is 5.92. The molecule has 2 saturated carbocycles. The van der Waals surface area contributed by atoms with Crippen molar-refractivity contribution in [2.24, 2.45) is 23.2 Å². The van der Waals surface area contributed by atoms with Gasteiger partial charge < -0.3 is 9.80 Å². The maximum absolute atomic E-state index is 13.5. The number of allylic oxidation sites excluding steroid dienone is 1. The molecule has 2 bridgehead atoms. The molecule has 5 aliphatic rings. The molecule has 5 nitrogen and oxygen atoms in total. The molecule has 1 aromatic rings. The average molecular weight is 482 g/mol. The Morgan fingerprint density at radius 1 is 1.06 bits per heavy atom. The van der Waals surface area contributed by atoms with E-state index in [9.17, 15) is 14.0 Å². The first-order chi connectivity index (χ1) is 16.8. The van der Waals surface area contributed by atoms with Crippen LogP contribution >= 0.6 is 0 Å². The molecule has 2 unspecified atom stereocenters. The second kappa shape index (κ2) is 10.0. The van der Waals surface area contributed by atoms with Gasteiger partial charge in [-0.15, -0.1) is 0 Å². The van der Waals surface area contributed by atoms with E-state index in [4.69, 9.17) is 0 Å². The molecule has 4 aliphatic carbocycles. The molecule has 0 radical (unpaired) electrons. The normalized spacial score (nSPS) is 26.3. The summed E-state index contributed by atoms with van der Waals surface area (Å²) in [7, 11) is 0. The van der Waals surface area contributed by atoms with Crippen LogP contribution in [0.2, 0.25) is 0 Å². The lowest BCUT2D eigenvalue weighted by atomic mass is 9.49. The van der Waals surface area contributed by atoms with Crippen molar-refractivity contribution in [1.82, 2.24) is 14.7 Å². The summed E-state index contributed by atoms with van der Waals surface area (Å²) < 4.78 is 13.5.